The van der Waals surface area contributed by atoms with Gasteiger partial charge in [-0.25, -0.2) is 9.37 Å². The average Bonchev–Trinajstić information content (AvgIpc) is 3.05. The summed E-state index contributed by atoms with van der Waals surface area (Å²) in [7, 11) is 0. The quantitative estimate of drug-likeness (QED) is 0.754. The van der Waals surface area contributed by atoms with Crippen molar-refractivity contribution in [1.29, 1.82) is 0 Å². The molecule has 0 bridgehead atoms. The SMILES string of the molecule is O=C1CCc2cc(-c3csc(-c4ccc(F)cc4)n3)ccc2N1. The third-order valence-electron chi connectivity index (χ3n) is 3.89. The maximum atomic E-state index is 13.0. The molecule has 2 aromatic carbocycles. The van der Waals surface area contributed by atoms with Crippen LogP contribution in [0.2, 0.25) is 0 Å². The molecule has 2 heterocycles. The lowest BCUT2D eigenvalue weighted by atomic mass is 9.99. The molecule has 0 saturated heterocycles. The van der Waals surface area contributed by atoms with Crippen molar-refractivity contribution < 1.29 is 9.18 Å². The predicted molar refractivity (Wildman–Crippen MR) is 89.9 cm³/mol. The highest BCUT2D eigenvalue weighted by Gasteiger charge is 2.16. The summed E-state index contributed by atoms with van der Waals surface area (Å²) in [6.45, 7) is 0. The first kappa shape index (κ1) is 14.1. The number of aryl methyl sites for hydroxylation is 1. The topological polar surface area (TPSA) is 42.0 Å². The van der Waals surface area contributed by atoms with Gasteiger partial charge in [-0.3, -0.25) is 4.79 Å². The Labute approximate surface area is 136 Å². The number of carbonyl (C=O) groups is 1. The van der Waals surface area contributed by atoms with Crippen LogP contribution in [0.3, 0.4) is 0 Å². The molecule has 0 spiro atoms. The second-order valence-corrected chi connectivity index (χ2v) is 6.32. The first-order valence-corrected chi connectivity index (χ1v) is 8.21. The van der Waals surface area contributed by atoms with Gasteiger partial charge in [0.25, 0.3) is 0 Å². The summed E-state index contributed by atoms with van der Waals surface area (Å²) in [6, 6.07) is 12.3. The summed E-state index contributed by atoms with van der Waals surface area (Å²) in [5.74, 6) is -0.181. The van der Waals surface area contributed by atoms with Crippen LogP contribution in [0.4, 0.5) is 10.1 Å². The number of anilines is 1. The lowest BCUT2D eigenvalue weighted by molar-refractivity contribution is -0.116. The predicted octanol–water partition coefficient (Wildman–Crippen LogP) is 4.50. The van der Waals surface area contributed by atoms with E-state index in [9.17, 15) is 9.18 Å². The van der Waals surface area contributed by atoms with Crippen LogP contribution in [0.25, 0.3) is 21.8 Å². The van der Waals surface area contributed by atoms with Gasteiger partial charge in [-0.1, -0.05) is 6.07 Å². The van der Waals surface area contributed by atoms with Gasteiger partial charge in [-0.05, 0) is 48.4 Å². The molecule has 23 heavy (non-hydrogen) atoms. The molecular formula is C18H13FN2OS. The third-order valence-corrected chi connectivity index (χ3v) is 4.78. The van der Waals surface area contributed by atoms with Gasteiger partial charge in [-0.2, -0.15) is 0 Å². The highest BCUT2D eigenvalue weighted by molar-refractivity contribution is 7.13. The first-order valence-electron chi connectivity index (χ1n) is 7.34. The van der Waals surface area contributed by atoms with Gasteiger partial charge in [-0.15, -0.1) is 11.3 Å². The van der Waals surface area contributed by atoms with Gasteiger partial charge in [0.15, 0.2) is 0 Å². The second-order valence-electron chi connectivity index (χ2n) is 5.46. The van der Waals surface area contributed by atoms with E-state index in [0.29, 0.717) is 6.42 Å². The van der Waals surface area contributed by atoms with Crippen LogP contribution >= 0.6 is 11.3 Å². The van der Waals surface area contributed by atoms with E-state index in [1.165, 1.54) is 23.5 Å². The minimum atomic E-state index is -0.248. The maximum Gasteiger partial charge on any atom is 0.224 e. The molecule has 0 unspecified atom stereocenters. The molecule has 0 radical (unpaired) electrons. The van der Waals surface area contributed by atoms with Crippen molar-refractivity contribution in [2.75, 3.05) is 5.32 Å². The van der Waals surface area contributed by atoms with Gasteiger partial charge < -0.3 is 5.32 Å². The average molecular weight is 324 g/mol. The van der Waals surface area contributed by atoms with Crippen LogP contribution in [0.5, 0.6) is 0 Å². The number of benzene rings is 2. The van der Waals surface area contributed by atoms with E-state index in [4.69, 9.17) is 0 Å². The normalized spacial score (nSPS) is 13.5. The van der Waals surface area contributed by atoms with Crippen molar-refractivity contribution in [2.45, 2.75) is 12.8 Å². The van der Waals surface area contributed by atoms with Crippen LogP contribution in [-0.4, -0.2) is 10.9 Å². The molecule has 1 aromatic heterocycles. The molecule has 0 saturated carbocycles. The molecule has 3 aromatic rings. The maximum absolute atomic E-state index is 13.0. The zero-order valence-electron chi connectivity index (χ0n) is 12.2. The van der Waals surface area contributed by atoms with Gasteiger partial charge in [0.05, 0.1) is 5.69 Å². The molecule has 5 heteroatoms. The van der Waals surface area contributed by atoms with Crippen molar-refractivity contribution in [3.05, 3.63) is 59.2 Å². The molecule has 1 aliphatic heterocycles. The number of hydrogen-bond acceptors (Lipinski definition) is 3. The number of halogens is 1. The monoisotopic (exact) mass is 324 g/mol. The number of amides is 1. The van der Waals surface area contributed by atoms with E-state index >= 15 is 0 Å². The van der Waals surface area contributed by atoms with Gasteiger partial charge >= 0.3 is 0 Å². The van der Waals surface area contributed by atoms with Crippen LogP contribution < -0.4 is 5.32 Å². The summed E-state index contributed by atoms with van der Waals surface area (Å²) in [6.07, 6.45) is 1.28. The molecular weight excluding hydrogens is 311 g/mol. The fourth-order valence-electron chi connectivity index (χ4n) is 2.67. The van der Waals surface area contributed by atoms with Crippen molar-refractivity contribution in [2.24, 2.45) is 0 Å². The standard InChI is InChI=1S/C18H13FN2OS/c19-14-5-1-11(2-6-14)18-21-16(10-23-18)13-3-7-15-12(9-13)4-8-17(22)20-15/h1-3,5-7,9-10H,4,8H2,(H,20,22). The Balaban J connectivity index is 1.66. The largest absolute Gasteiger partial charge is 0.326 e. The lowest BCUT2D eigenvalue weighted by Gasteiger charge is -2.17. The summed E-state index contributed by atoms with van der Waals surface area (Å²) < 4.78 is 13.0. The minimum absolute atomic E-state index is 0.0671. The Hall–Kier alpha value is -2.53. The van der Waals surface area contributed by atoms with Crippen molar-refractivity contribution in [3.8, 4) is 21.8 Å². The summed E-state index contributed by atoms with van der Waals surface area (Å²) in [5, 5.41) is 5.75. The number of hydrogen-bond donors (Lipinski definition) is 1. The summed E-state index contributed by atoms with van der Waals surface area (Å²) >= 11 is 1.54. The molecule has 1 N–H and O–H groups in total. The number of carbonyl (C=O) groups excluding carboxylic acids is 1. The number of rotatable bonds is 2. The number of thiazole rings is 1. The number of fused-ring (bicyclic) bond motifs is 1. The molecule has 3 nitrogen and oxygen atoms in total. The fourth-order valence-corrected chi connectivity index (χ4v) is 3.51. The van der Waals surface area contributed by atoms with Crippen LogP contribution in [-0.2, 0) is 11.2 Å². The van der Waals surface area contributed by atoms with Crippen LogP contribution in [0.1, 0.15) is 12.0 Å². The Bertz CT molecular complexity index is 886. The smallest absolute Gasteiger partial charge is 0.224 e. The van der Waals surface area contributed by atoms with E-state index in [-0.39, 0.29) is 11.7 Å². The van der Waals surface area contributed by atoms with Crippen LogP contribution in [0.15, 0.2) is 47.8 Å². The Morgan fingerprint density at radius 1 is 1.04 bits per heavy atom. The fraction of sp³-hybridized carbons (Fsp3) is 0.111. The number of aromatic nitrogens is 1. The lowest BCUT2D eigenvalue weighted by Crippen LogP contribution is -2.18. The Morgan fingerprint density at radius 3 is 2.65 bits per heavy atom. The molecule has 0 atom stereocenters. The first-order chi connectivity index (χ1) is 11.2. The Morgan fingerprint density at radius 2 is 1.83 bits per heavy atom. The van der Waals surface area contributed by atoms with Gasteiger partial charge in [0.1, 0.15) is 10.8 Å². The molecule has 1 aliphatic rings. The number of nitrogens with zero attached hydrogens (tertiary/aromatic N) is 1. The molecule has 0 fully saturated rings. The van der Waals surface area contributed by atoms with Crippen LogP contribution in [0, 0.1) is 5.82 Å². The van der Waals surface area contributed by atoms with E-state index < -0.39 is 0 Å². The Kier molecular flexibility index (Phi) is 3.42. The van der Waals surface area contributed by atoms with Crippen molar-refractivity contribution >= 4 is 22.9 Å². The van der Waals surface area contributed by atoms with E-state index in [2.05, 4.69) is 16.4 Å². The third kappa shape index (κ3) is 2.75. The van der Waals surface area contributed by atoms with Crippen molar-refractivity contribution in [1.82, 2.24) is 4.98 Å². The van der Waals surface area contributed by atoms with E-state index in [1.54, 1.807) is 12.1 Å². The highest BCUT2D eigenvalue weighted by atomic mass is 32.1. The highest BCUT2D eigenvalue weighted by Crippen LogP contribution is 2.32. The molecule has 4 rings (SSSR count). The zero-order valence-corrected chi connectivity index (χ0v) is 13.0. The summed E-state index contributed by atoms with van der Waals surface area (Å²) in [5.41, 5.74) is 4.86. The summed E-state index contributed by atoms with van der Waals surface area (Å²) in [4.78, 5) is 16.1. The van der Waals surface area contributed by atoms with E-state index in [1.807, 2.05) is 17.5 Å². The molecule has 0 aliphatic carbocycles. The second kappa shape index (κ2) is 5.59. The van der Waals surface area contributed by atoms with Gasteiger partial charge in [0.2, 0.25) is 5.91 Å². The number of nitrogens with one attached hydrogen (secondary N) is 1. The minimum Gasteiger partial charge on any atom is -0.326 e. The van der Waals surface area contributed by atoms with Gasteiger partial charge in [0, 0.05) is 28.6 Å². The van der Waals surface area contributed by atoms with Crippen molar-refractivity contribution in [3.63, 3.8) is 0 Å². The molecule has 114 valence electrons. The molecule has 1 amide bonds. The zero-order chi connectivity index (χ0) is 15.8. The van der Waals surface area contributed by atoms with E-state index in [0.717, 1.165) is 39.5 Å².